The van der Waals surface area contributed by atoms with Gasteiger partial charge in [0.25, 0.3) is 0 Å². The number of carbonyl (C=O) groups is 1. The minimum absolute atomic E-state index is 0.0233. The van der Waals surface area contributed by atoms with Gasteiger partial charge in [0.15, 0.2) is 0 Å². The first kappa shape index (κ1) is 17.5. The van der Waals surface area contributed by atoms with E-state index in [0.29, 0.717) is 6.54 Å². The van der Waals surface area contributed by atoms with Crippen molar-refractivity contribution in [3.63, 3.8) is 0 Å². The zero-order chi connectivity index (χ0) is 17.6. The average molecular weight is 342 g/mol. The van der Waals surface area contributed by atoms with E-state index in [1.165, 1.54) is 5.56 Å². The zero-order valence-corrected chi connectivity index (χ0v) is 14.9. The van der Waals surface area contributed by atoms with Gasteiger partial charge >= 0.3 is 6.03 Å². The molecule has 3 rings (SSSR count). The number of hydrogen-bond donors (Lipinski definition) is 1. The molecule has 0 radical (unpaired) electrons. The van der Waals surface area contributed by atoms with Crippen molar-refractivity contribution >= 4 is 6.03 Å². The van der Waals surface area contributed by atoms with Gasteiger partial charge < -0.3 is 15.0 Å². The van der Waals surface area contributed by atoms with Crippen LogP contribution in [0.25, 0.3) is 5.69 Å². The largest absolute Gasteiger partial charge is 0.381 e. The lowest BCUT2D eigenvalue weighted by Gasteiger charge is -2.37. The topological polar surface area (TPSA) is 59.4 Å². The molecule has 6 nitrogen and oxygen atoms in total. The molecule has 2 atom stereocenters. The second kappa shape index (κ2) is 8.16. The van der Waals surface area contributed by atoms with E-state index in [-0.39, 0.29) is 18.2 Å². The van der Waals surface area contributed by atoms with E-state index in [1.54, 1.807) is 13.3 Å². The second-order valence-corrected chi connectivity index (χ2v) is 6.52. The Labute approximate surface area is 148 Å². The molecule has 1 aliphatic rings. The summed E-state index contributed by atoms with van der Waals surface area (Å²) < 4.78 is 7.23. The summed E-state index contributed by atoms with van der Waals surface area (Å²) in [7, 11) is 1.74. The first-order chi connectivity index (χ1) is 12.2. The van der Waals surface area contributed by atoms with Crippen molar-refractivity contribution in [1.82, 2.24) is 20.0 Å². The molecule has 1 fully saturated rings. The standard InChI is InChI=1S/C19H26N4O2/c1-15-14-18(25-2)9-13-22(15)19(24)20-11-8-16-4-6-17(7-5-16)23-12-3-10-21-23/h3-7,10,12,15,18H,8-9,11,13-14H2,1-2H3,(H,20,24)/t15-,18-/m0/s1. The van der Waals surface area contributed by atoms with Crippen molar-refractivity contribution in [2.75, 3.05) is 20.2 Å². The minimum Gasteiger partial charge on any atom is -0.381 e. The highest BCUT2D eigenvalue weighted by Gasteiger charge is 2.28. The van der Waals surface area contributed by atoms with Crippen LogP contribution in [0.2, 0.25) is 0 Å². The first-order valence-electron chi connectivity index (χ1n) is 8.83. The summed E-state index contributed by atoms with van der Waals surface area (Å²) in [5.41, 5.74) is 2.23. The number of piperidine rings is 1. The van der Waals surface area contributed by atoms with Crippen LogP contribution in [-0.4, -0.2) is 53.1 Å². The molecule has 25 heavy (non-hydrogen) atoms. The van der Waals surface area contributed by atoms with Crippen LogP contribution in [0.15, 0.2) is 42.7 Å². The predicted molar refractivity (Wildman–Crippen MR) is 96.9 cm³/mol. The van der Waals surface area contributed by atoms with Crippen molar-refractivity contribution in [3.05, 3.63) is 48.3 Å². The van der Waals surface area contributed by atoms with Crippen molar-refractivity contribution < 1.29 is 9.53 Å². The van der Waals surface area contributed by atoms with Gasteiger partial charge in [-0.15, -0.1) is 0 Å². The van der Waals surface area contributed by atoms with Gasteiger partial charge in [-0.25, -0.2) is 9.48 Å². The van der Waals surface area contributed by atoms with Crippen molar-refractivity contribution in [1.29, 1.82) is 0 Å². The Bertz CT molecular complexity index is 669. The van der Waals surface area contributed by atoms with E-state index in [1.807, 2.05) is 34.0 Å². The monoisotopic (exact) mass is 342 g/mol. The van der Waals surface area contributed by atoms with Gasteiger partial charge in [0.1, 0.15) is 0 Å². The van der Waals surface area contributed by atoms with Crippen molar-refractivity contribution in [2.45, 2.75) is 38.3 Å². The van der Waals surface area contributed by atoms with Gasteiger partial charge in [0.05, 0.1) is 11.8 Å². The van der Waals surface area contributed by atoms with Gasteiger partial charge in [0.2, 0.25) is 0 Å². The molecule has 0 spiro atoms. The SMILES string of the molecule is CO[C@H]1CCN(C(=O)NCCc2ccc(-n3cccn3)cc2)[C@@H](C)C1. The third-order valence-electron chi connectivity index (χ3n) is 4.82. The molecule has 1 saturated heterocycles. The van der Waals surface area contributed by atoms with Crippen molar-refractivity contribution in [3.8, 4) is 5.69 Å². The second-order valence-electron chi connectivity index (χ2n) is 6.52. The molecule has 2 aromatic rings. The number of hydrogen-bond acceptors (Lipinski definition) is 3. The van der Waals surface area contributed by atoms with Crippen LogP contribution < -0.4 is 5.32 Å². The van der Waals surface area contributed by atoms with E-state index in [0.717, 1.165) is 31.5 Å². The molecule has 6 heteroatoms. The maximum atomic E-state index is 12.4. The Kier molecular flexibility index (Phi) is 5.71. The summed E-state index contributed by atoms with van der Waals surface area (Å²) in [6, 6.07) is 10.4. The van der Waals surface area contributed by atoms with E-state index in [2.05, 4.69) is 29.5 Å². The van der Waals surface area contributed by atoms with Crippen LogP contribution in [0.5, 0.6) is 0 Å². The first-order valence-corrected chi connectivity index (χ1v) is 8.83. The maximum Gasteiger partial charge on any atom is 0.317 e. The van der Waals surface area contributed by atoms with E-state index in [4.69, 9.17) is 4.74 Å². The number of rotatable bonds is 5. The number of likely N-dealkylation sites (tertiary alicyclic amines) is 1. The summed E-state index contributed by atoms with van der Waals surface area (Å²) in [6.45, 7) is 3.47. The van der Waals surface area contributed by atoms with Crippen LogP contribution in [-0.2, 0) is 11.2 Å². The lowest BCUT2D eigenvalue weighted by molar-refractivity contribution is 0.0294. The number of nitrogens with one attached hydrogen (secondary N) is 1. The third kappa shape index (κ3) is 4.39. The van der Waals surface area contributed by atoms with Gasteiger partial charge in [-0.1, -0.05) is 12.1 Å². The fourth-order valence-electron chi connectivity index (χ4n) is 3.30. The summed E-state index contributed by atoms with van der Waals surface area (Å²) in [6.07, 6.45) is 6.58. The number of benzene rings is 1. The highest BCUT2D eigenvalue weighted by Crippen LogP contribution is 2.19. The molecular weight excluding hydrogens is 316 g/mol. The Hall–Kier alpha value is -2.34. The predicted octanol–water partition coefficient (Wildman–Crippen LogP) is 2.62. The van der Waals surface area contributed by atoms with Gasteiger partial charge in [-0.3, -0.25) is 0 Å². The third-order valence-corrected chi connectivity index (χ3v) is 4.82. The van der Waals surface area contributed by atoms with Crippen LogP contribution in [0.1, 0.15) is 25.3 Å². The van der Waals surface area contributed by atoms with Crippen LogP contribution >= 0.6 is 0 Å². The minimum atomic E-state index is 0.0233. The summed E-state index contributed by atoms with van der Waals surface area (Å²) in [4.78, 5) is 14.3. The maximum absolute atomic E-state index is 12.4. The fraction of sp³-hybridized carbons (Fsp3) is 0.474. The normalized spacial score (nSPS) is 20.5. The Morgan fingerprint density at radius 3 is 2.80 bits per heavy atom. The fourth-order valence-corrected chi connectivity index (χ4v) is 3.30. The Morgan fingerprint density at radius 2 is 2.16 bits per heavy atom. The molecule has 1 aromatic carbocycles. The number of amides is 2. The molecule has 0 aliphatic carbocycles. The van der Waals surface area contributed by atoms with E-state index in [9.17, 15) is 4.79 Å². The molecule has 0 bridgehead atoms. The van der Waals surface area contributed by atoms with Crippen LogP contribution in [0.3, 0.4) is 0 Å². The number of urea groups is 1. The quantitative estimate of drug-likeness (QED) is 0.909. The summed E-state index contributed by atoms with van der Waals surface area (Å²) >= 11 is 0. The average Bonchev–Trinajstić information content (AvgIpc) is 3.16. The molecule has 1 aromatic heterocycles. The highest BCUT2D eigenvalue weighted by atomic mass is 16.5. The smallest absolute Gasteiger partial charge is 0.317 e. The number of methoxy groups -OCH3 is 1. The van der Waals surface area contributed by atoms with Gasteiger partial charge in [0, 0.05) is 38.6 Å². The molecule has 0 unspecified atom stereocenters. The van der Waals surface area contributed by atoms with Gasteiger partial charge in [-0.2, -0.15) is 5.10 Å². The molecule has 2 heterocycles. The molecule has 2 amide bonds. The molecular formula is C19H26N4O2. The Morgan fingerprint density at radius 1 is 1.36 bits per heavy atom. The van der Waals surface area contributed by atoms with Crippen LogP contribution in [0, 0.1) is 0 Å². The lowest BCUT2D eigenvalue weighted by Crippen LogP contribution is -2.50. The lowest BCUT2D eigenvalue weighted by atomic mass is 10.0. The highest BCUT2D eigenvalue weighted by molar-refractivity contribution is 5.74. The zero-order valence-electron chi connectivity index (χ0n) is 14.9. The van der Waals surface area contributed by atoms with E-state index < -0.39 is 0 Å². The number of carbonyl (C=O) groups excluding carboxylic acids is 1. The van der Waals surface area contributed by atoms with Crippen LogP contribution in [0.4, 0.5) is 4.79 Å². The molecule has 1 aliphatic heterocycles. The van der Waals surface area contributed by atoms with Gasteiger partial charge in [-0.05, 0) is 49.9 Å². The number of aromatic nitrogens is 2. The molecule has 0 saturated carbocycles. The molecule has 134 valence electrons. The Balaban J connectivity index is 1.45. The van der Waals surface area contributed by atoms with E-state index >= 15 is 0 Å². The summed E-state index contributed by atoms with van der Waals surface area (Å²) in [5, 5.41) is 7.25. The number of nitrogens with zero attached hydrogens (tertiary/aromatic N) is 3. The molecule has 1 N–H and O–H groups in total. The number of ether oxygens (including phenoxy) is 1. The van der Waals surface area contributed by atoms with Crippen molar-refractivity contribution in [2.24, 2.45) is 0 Å². The summed E-state index contributed by atoms with van der Waals surface area (Å²) in [5.74, 6) is 0.